The number of hydrogen-bond donors (Lipinski definition) is 0. The van der Waals surface area contributed by atoms with Crippen molar-refractivity contribution < 1.29 is 9.59 Å². The van der Waals surface area contributed by atoms with Crippen LogP contribution in [0.3, 0.4) is 0 Å². The maximum absolute atomic E-state index is 11.0. The number of nitrogens with zero attached hydrogens (tertiary/aromatic N) is 1. The first-order valence-electron chi connectivity index (χ1n) is 2.74. The Bertz CT molecular complexity index is 220. The Balaban J connectivity index is 3.11. The van der Waals surface area contributed by atoms with Crippen LogP contribution >= 0.6 is 22.6 Å². The summed E-state index contributed by atoms with van der Waals surface area (Å²) in [5.74, 6) is -0.377. The second-order valence-corrected chi connectivity index (χ2v) is 3.19. The lowest BCUT2D eigenvalue weighted by Gasteiger charge is -2.03. The van der Waals surface area contributed by atoms with E-state index in [1.165, 1.54) is 7.05 Å². The summed E-state index contributed by atoms with van der Waals surface area (Å²) in [5.41, 5.74) is 0.549. The number of amides is 2. The van der Waals surface area contributed by atoms with E-state index in [4.69, 9.17) is 0 Å². The monoisotopic (exact) mass is 251 g/mol. The van der Waals surface area contributed by atoms with Crippen LogP contribution in [0, 0.1) is 0 Å². The third-order valence-corrected chi connectivity index (χ3v) is 2.72. The van der Waals surface area contributed by atoms with Gasteiger partial charge >= 0.3 is 0 Å². The summed E-state index contributed by atoms with van der Waals surface area (Å²) < 4.78 is 0.533. The van der Waals surface area contributed by atoms with Gasteiger partial charge in [0.05, 0.1) is 3.58 Å². The molecule has 1 aliphatic rings. The Morgan fingerprint density at radius 1 is 1.30 bits per heavy atom. The molecule has 0 aliphatic carbocycles. The molecule has 3 nitrogen and oxygen atoms in total. The van der Waals surface area contributed by atoms with Gasteiger partial charge in [-0.3, -0.25) is 14.5 Å². The van der Waals surface area contributed by atoms with E-state index in [0.717, 1.165) is 4.90 Å². The van der Waals surface area contributed by atoms with Crippen LogP contribution in [-0.4, -0.2) is 23.8 Å². The molecule has 0 fully saturated rings. The van der Waals surface area contributed by atoms with Gasteiger partial charge in [0.15, 0.2) is 0 Å². The van der Waals surface area contributed by atoms with E-state index in [9.17, 15) is 9.59 Å². The molecular formula is C6H6INO2. The number of halogens is 1. The Labute approximate surface area is 72.2 Å². The van der Waals surface area contributed by atoms with E-state index in [0.29, 0.717) is 9.15 Å². The molecule has 1 aliphatic heterocycles. The topological polar surface area (TPSA) is 37.4 Å². The molecule has 0 unspecified atom stereocenters. The quantitative estimate of drug-likeness (QED) is 0.469. The third-order valence-electron chi connectivity index (χ3n) is 1.45. The second-order valence-electron chi connectivity index (χ2n) is 2.11. The van der Waals surface area contributed by atoms with E-state index >= 15 is 0 Å². The molecule has 0 aromatic heterocycles. The molecule has 2 amide bonds. The minimum atomic E-state index is -0.192. The van der Waals surface area contributed by atoms with Gasteiger partial charge in [-0.15, -0.1) is 0 Å². The van der Waals surface area contributed by atoms with E-state index < -0.39 is 0 Å². The molecule has 0 aromatic carbocycles. The van der Waals surface area contributed by atoms with Crippen LogP contribution in [0.25, 0.3) is 0 Å². The van der Waals surface area contributed by atoms with Gasteiger partial charge in [0.2, 0.25) is 0 Å². The minimum Gasteiger partial charge on any atom is -0.277 e. The van der Waals surface area contributed by atoms with Crippen molar-refractivity contribution in [3.8, 4) is 0 Å². The third kappa shape index (κ3) is 0.865. The number of carbonyl (C=O) groups is 2. The number of carbonyl (C=O) groups excluding carboxylic acids is 2. The van der Waals surface area contributed by atoms with Crippen molar-refractivity contribution in [3.63, 3.8) is 0 Å². The second kappa shape index (κ2) is 2.34. The lowest BCUT2D eigenvalue weighted by molar-refractivity contribution is -0.135. The van der Waals surface area contributed by atoms with Crippen LogP contribution < -0.4 is 0 Å². The van der Waals surface area contributed by atoms with Crippen molar-refractivity contribution in [2.75, 3.05) is 7.05 Å². The SMILES string of the molecule is CC1=C(I)C(=O)N(C)C1=O. The molecule has 4 heteroatoms. The maximum Gasteiger partial charge on any atom is 0.267 e. The van der Waals surface area contributed by atoms with E-state index in [-0.39, 0.29) is 11.8 Å². The fraction of sp³-hybridized carbons (Fsp3) is 0.333. The zero-order valence-electron chi connectivity index (χ0n) is 5.64. The van der Waals surface area contributed by atoms with Crippen LogP contribution in [-0.2, 0) is 9.59 Å². The average molecular weight is 251 g/mol. The number of hydrogen-bond acceptors (Lipinski definition) is 2. The van der Waals surface area contributed by atoms with Gasteiger partial charge in [-0.2, -0.15) is 0 Å². The molecular weight excluding hydrogens is 245 g/mol. The highest BCUT2D eigenvalue weighted by Gasteiger charge is 2.30. The summed E-state index contributed by atoms with van der Waals surface area (Å²) in [6.07, 6.45) is 0. The molecule has 0 N–H and O–H groups in total. The molecule has 54 valence electrons. The maximum atomic E-state index is 11.0. The predicted molar refractivity (Wildman–Crippen MR) is 44.5 cm³/mol. The Morgan fingerprint density at radius 2 is 1.80 bits per heavy atom. The zero-order chi connectivity index (χ0) is 7.89. The van der Waals surface area contributed by atoms with Gasteiger partial charge in [-0.1, -0.05) is 0 Å². The standard InChI is InChI=1S/C6H6INO2/c1-3-4(7)6(10)8(2)5(3)9/h1-2H3. The van der Waals surface area contributed by atoms with Crippen LogP contribution in [0.4, 0.5) is 0 Å². The molecule has 0 bridgehead atoms. The van der Waals surface area contributed by atoms with Gasteiger partial charge < -0.3 is 0 Å². The summed E-state index contributed by atoms with van der Waals surface area (Å²) in [5, 5.41) is 0. The van der Waals surface area contributed by atoms with Gasteiger partial charge in [0.25, 0.3) is 11.8 Å². The molecule has 0 atom stereocenters. The normalized spacial score (nSPS) is 19.3. The molecule has 1 heterocycles. The summed E-state index contributed by atoms with van der Waals surface area (Å²) in [6.45, 7) is 1.66. The summed E-state index contributed by atoms with van der Waals surface area (Å²) >= 11 is 1.88. The largest absolute Gasteiger partial charge is 0.277 e. The lowest BCUT2D eigenvalue weighted by atomic mass is 10.3. The number of likely N-dealkylation sites (N-methyl/N-ethyl adjacent to an activating group) is 1. The van der Waals surface area contributed by atoms with E-state index in [1.807, 2.05) is 22.6 Å². The zero-order valence-corrected chi connectivity index (χ0v) is 7.80. The summed E-state index contributed by atoms with van der Waals surface area (Å²) in [4.78, 5) is 23.1. The number of imide groups is 1. The smallest absolute Gasteiger partial charge is 0.267 e. The van der Waals surface area contributed by atoms with Crippen LogP contribution in [0.2, 0.25) is 0 Å². The first-order chi connectivity index (χ1) is 4.55. The lowest BCUT2D eigenvalue weighted by Crippen LogP contribution is -2.26. The molecule has 0 saturated carbocycles. The van der Waals surface area contributed by atoms with E-state index in [2.05, 4.69) is 0 Å². The van der Waals surface area contributed by atoms with Crippen molar-refractivity contribution >= 4 is 34.4 Å². The van der Waals surface area contributed by atoms with Gasteiger partial charge in [0.1, 0.15) is 0 Å². The Morgan fingerprint density at radius 3 is 1.90 bits per heavy atom. The first-order valence-corrected chi connectivity index (χ1v) is 3.82. The fourth-order valence-corrected chi connectivity index (χ4v) is 1.34. The average Bonchev–Trinajstić information content (AvgIpc) is 2.07. The highest BCUT2D eigenvalue weighted by atomic mass is 127. The van der Waals surface area contributed by atoms with Crippen molar-refractivity contribution in [2.45, 2.75) is 6.92 Å². The highest BCUT2D eigenvalue weighted by Crippen LogP contribution is 2.23. The molecule has 10 heavy (non-hydrogen) atoms. The van der Waals surface area contributed by atoms with Gasteiger partial charge in [0, 0.05) is 12.6 Å². The molecule has 0 saturated heterocycles. The Hall–Kier alpha value is -0.390. The van der Waals surface area contributed by atoms with Crippen molar-refractivity contribution in [3.05, 3.63) is 9.15 Å². The minimum absolute atomic E-state index is 0.186. The fourth-order valence-electron chi connectivity index (χ4n) is 0.745. The number of rotatable bonds is 0. The Kier molecular flexibility index (Phi) is 1.80. The van der Waals surface area contributed by atoms with Crippen LogP contribution in [0.15, 0.2) is 9.15 Å². The van der Waals surface area contributed by atoms with E-state index in [1.54, 1.807) is 6.92 Å². The highest BCUT2D eigenvalue weighted by molar-refractivity contribution is 14.1. The van der Waals surface area contributed by atoms with Crippen molar-refractivity contribution in [1.29, 1.82) is 0 Å². The molecule has 0 aromatic rings. The predicted octanol–water partition coefficient (Wildman–Crippen LogP) is 0.694. The molecule has 0 radical (unpaired) electrons. The molecule has 0 spiro atoms. The summed E-state index contributed by atoms with van der Waals surface area (Å²) in [6, 6.07) is 0. The van der Waals surface area contributed by atoms with Gasteiger partial charge in [-0.05, 0) is 29.5 Å². The van der Waals surface area contributed by atoms with Crippen molar-refractivity contribution in [1.82, 2.24) is 4.90 Å². The van der Waals surface area contributed by atoms with Crippen molar-refractivity contribution in [2.24, 2.45) is 0 Å². The van der Waals surface area contributed by atoms with Gasteiger partial charge in [-0.25, -0.2) is 0 Å². The van der Waals surface area contributed by atoms with Crippen LogP contribution in [0.1, 0.15) is 6.92 Å². The first kappa shape index (κ1) is 7.71. The summed E-state index contributed by atoms with van der Waals surface area (Å²) in [7, 11) is 1.49. The van der Waals surface area contributed by atoms with Crippen LogP contribution in [0.5, 0.6) is 0 Å². The molecule has 1 rings (SSSR count).